The zero-order valence-electron chi connectivity index (χ0n) is 14.5. The molecule has 4 rings (SSSR count). The molecule has 142 valence electrons. The molecule has 1 amide bonds. The van der Waals surface area contributed by atoms with Crippen LogP contribution in [0, 0.1) is 0 Å². The molecule has 0 aliphatic carbocycles. The van der Waals surface area contributed by atoms with Crippen molar-refractivity contribution in [3.63, 3.8) is 0 Å². The first-order valence-electron chi connectivity index (χ1n) is 8.42. The fourth-order valence-electron chi connectivity index (χ4n) is 3.26. The van der Waals surface area contributed by atoms with Crippen molar-refractivity contribution in [1.29, 1.82) is 0 Å². The topological polar surface area (TPSA) is 101 Å². The Morgan fingerprint density at radius 1 is 1.07 bits per heavy atom. The van der Waals surface area contributed by atoms with Crippen LogP contribution in [-0.4, -0.2) is 25.4 Å². The molecule has 0 bridgehead atoms. The maximum atomic E-state index is 13.0. The summed E-state index contributed by atoms with van der Waals surface area (Å²) in [5, 5.41) is 13.3. The molecule has 0 radical (unpaired) electrons. The van der Waals surface area contributed by atoms with Crippen molar-refractivity contribution in [1.82, 2.24) is 0 Å². The van der Waals surface area contributed by atoms with Gasteiger partial charge in [0.15, 0.2) is 0 Å². The molecule has 0 saturated heterocycles. The molecule has 0 fully saturated rings. The molecule has 2 N–H and O–H groups in total. The fraction of sp³-hybridized carbons (Fsp3) is 0.100. The van der Waals surface area contributed by atoms with Crippen molar-refractivity contribution >= 4 is 38.7 Å². The zero-order chi connectivity index (χ0) is 19.9. The number of anilines is 1. The van der Waals surface area contributed by atoms with Gasteiger partial charge in [0.2, 0.25) is 15.7 Å². The number of carboxylic acids is 1. The first-order chi connectivity index (χ1) is 13.4. The van der Waals surface area contributed by atoms with Crippen LogP contribution >= 0.6 is 11.3 Å². The minimum absolute atomic E-state index is 0.0823. The number of nitrogens with one attached hydrogen (secondary N) is 1. The molecule has 1 aromatic heterocycles. The Hall–Kier alpha value is -2.97. The summed E-state index contributed by atoms with van der Waals surface area (Å²) in [5.41, 5.74) is 1.24. The van der Waals surface area contributed by atoms with Gasteiger partial charge in [-0.2, -0.15) is 0 Å². The lowest BCUT2D eigenvalue weighted by atomic mass is 9.90. The molecule has 1 aliphatic rings. The highest BCUT2D eigenvalue weighted by atomic mass is 32.2. The van der Waals surface area contributed by atoms with Gasteiger partial charge in [0.05, 0.1) is 16.1 Å². The predicted octanol–water partition coefficient (Wildman–Crippen LogP) is 3.75. The lowest BCUT2D eigenvalue weighted by Gasteiger charge is -2.23. The van der Waals surface area contributed by atoms with Crippen LogP contribution in [0.2, 0.25) is 0 Å². The van der Waals surface area contributed by atoms with E-state index in [1.807, 2.05) is 0 Å². The van der Waals surface area contributed by atoms with E-state index < -0.39 is 15.8 Å². The lowest BCUT2D eigenvalue weighted by Crippen LogP contribution is -2.23. The number of amides is 1. The summed E-state index contributed by atoms with van der Waals surface area (Å²) in [6.45, 7) is 0. The summed E-state index contributed by atoms with van der Waals surface area (Å²) in [6.07, 6.45) is 0.171. The number of hydrogen-bond acceptors (Lipinski definition) is 5. The van der Waals surface area contributed by atoms with Gasteiger partial charge in [0.25, 0.3) is 0 Å². The molecule has 8 heteroatoms. The number of hydrogen-bond donors (Lipinski definition) is 2. The minimum atomic E-state index is -3.77. The molecule has 0 saturated carbocycles. The van der Waals surface area contributed by atoms with Gasteiger partial charge in [-0.15, -0.1) is 11.3 Å². The van der Waals surface area contributed by atoms with Crippen LogP contribution < -0.4 is 5.32 Å². The maximum Gasteiger partial charge on any atom is 0.335 e. The largest absolute Gasteiger partial charge is 0.478 e. The number of sulfone groups is 1. The van der Waals surface area contributed by atoms with Gasteiger partial charge in [-0.25, -0.2) is 13.2 Å². The van der Waals surface area contributed by atoms with E-state index >= 15 is 0 Å². The van der Waals surface area contributed by atoms with E-state index in [0.717, 1.165) is 10.4 Å². The van der Waals surface area contributed by atoms with Crippen molar-refractivity contribution in [2.75, 3.05) is 5.32 Å². The summed E-state index contributed by atoms with van der Waals surface area (Å²) in [6, 6.07) is 14.4. The minimum Gasteiger partial charge on any atom is -0.478 e. The third kappa shape index (κ3) is 3.10. The van der Waals surface area contributed by atoms with Crippen LogP contribution in [0.25, 0.3) is 0 Å². The zero-order valence-corrected chi connectivity index (χ0v) is 16.1. The Morgan fingerprint density at radius 2 is 1.75 bits per heavy atom. The van der Waals surface area contributed by atoms with Crippen molar-refractivity contribution in [2.45, 2.75) is 22.1 Å². The second-order valence-electron chi connectivity index (χ2n) is 6.39. The number of thiophene rings is 1. The van der Waals surface area contributed by atoms with E-state index in [2.05, 4.69) is 5.32 Å². The first-order valence-corrected chi connectivity index (χ1v) is 10.8. The van der Waals surface area contributed by atoms with Crippen LogP contribution in [-0.2, 0) is 14.6 Å². The van der Waals surface area contributed by atoms with Gasteiger partial charge in [0, 0.05) is 22.6 Å². The van der Waals surface area contributed by atoms with Crippen molar-refractivity contribution < 1.29 is 23.1 Å². The molecular formula is C20H15NO5S2. The van der Waals surface area contributed by atoms with Gasteiger partial charge in [-0.3, -0.25) is 4.79 Å². The van der Waals surface area contributed by atoms with E-state index in [9.17, 15) is 18.0 Å². The smallest absolute Gasteiger partial charge is 0.335 e. The molecule has 1 atom stereocenters. The predicted molar refractivity (Wildman–Crippen MR) is 105 cm³/mol. The molecule has 0 unspecified atom stereocenters. The van der Waals surface area contributed by atoms with Crippen LogP contribution in [0.15, 0.2) is 69.8 Å². The highest BCUT2D eigenvalue weighted by Gasteiger charge is 2.34. The normalized spacial score (nSPS) is 16.3. The van der Waals surface area contributed by atoms with Crippen molar-refractivity contribution in [3.8, 4) is 0 Å². The monoisotopic (exact) mass is 413 g/mol. The standard InChI is InChI=1S/C20H15NO5S2/c22-17-10-15(12-6-8-13(9-7-12)20(23)24)19-18(21-17)16(11-27-19)28(25,26)14-4-2-1-3-5-14/h1-9,11,15H,10H2,(H,21,22)(H,23,24)/t15-/m1/s1. The summed E-state index contributed by atoms with van der Waals surface area (Å²) in [7, 11) is -3.77. The number of rotatable bonds is 4. The van der Waals surface area contributed by atoms with Crippen molar-refractivity contribution in [2.24, 2.45) is 0 Å². The SMILES string of the molecule is O=C1C[C@H](c2ccc(C(=O)O)cc2)c2scc(S(=O)(=O)c3ccccc3)c2N1. The van der Waals surface area contributed by atoms with Crippen molar-refractivity contribution in [3.05, 3.63) is 76.0 Å². The number of aromatic carboxylic acids is 1. The molecule has 2 aromatic carbocycles. The van der Waals surface area contributed by atoms with Gasteiger partial charge in [0.1, 0.15) is 4.90 Å². The van der Waals surface area contributed by atoms with E-state index in [1.54, 1.807) is 35.7 Å². The quantitative estimate of drug-likeness (QED) is 0.678. The summed E-state index contributed by atoms with van der Waals surface area (Å²) >= 11 is 1.28. The molecule has 0 spiro atoms. The first kappa shape index (κ1) is 18.4. The average molecular weight is 413 g/mol. The molecule has 3 aromatic rings. The van der Waals surface area contributed by atoms with Gasteiger partial charge in [-0.1, -0.05) is 30.3 Å². The molecule has 28 heavy (non-hydrogen) atoms. The number of fused-ring (bicyclic) bond motifs is 1. The fourth-order valence-corrected chi connectivity index (χ4v) is 6.19. The molecule has 6 nitrogen and oxygen atoms in total. The molecule has 2 heterocycles. The van der Waals surface area contributed by atoms with Crippen LogP contribution in [0.4, 0.5) is 5.69 Å². The van der Waals surface area contributed by atoms with Crippen LogP contribution in [0.3, 0.4) is 0 Å². The van der Waals surface area contributed by atoms with E-state index in [0.29, 0.717) is 5.69 Å². The van der Waals surface area contributed by atoms with Crippen LogP contribution in [0.5, 0.6) is 0 Å². The Balaban J connectivity index is 1.79. The Morgan fingerprint density at radius 3 is 2.39 bits per heavy atom. The number of carbonyl (C=O) groups excluding carboxylic acids is 1. The maximum absolute atomic E-state index is 13.0. The summed E-state index contributed by atoms with van der Waals surface area (Å²) in [4.78, 5) is 24.4. The number of carbonyl (C=O) groups is 2. The van der Waals surface area contributed by atoms with Gasteiger partial charge < -0.3 is 10.4 Å². The number of carboxylic acid groups (broad SMARTS) is 1. The lowest BCUT2D eigenvalue weighted by molar-refractivity contribution is -0.116. The number of benzene rings is 2. The Labute approximate surface area is 165 Å². The highest BCUT2D eigenvalue weighted by Crippen LogP contribution is 2.45. The third-order valence-corrected chi connectivity index (χ3v) is 7.70. The molecule has 1 aliphatic heterocycles. The molecular weight excluding hydrogens is 398 g/mol. The van der Waals surface area contributed by atoms with E-state index in [1.165, 1.54) is 35.6 Å². The van der Waals surface area contributed by atoms with Gasteiger partial charge in [-0.05, 0) is 29.8 Å². The highest BCUT2D eigenvalue weighted by molar-refractivity contribution is 7.91. The summed E-state index contributed by atoms with van der Waals surface area (Å²) in [5.74, 6) is -1.62. The summed E-state index contributed by atoms with van der Waals surface area (Å²) < 4.78 is 26.1. The average Bonchev–Trinajstić information content (AvgIpc) is 3.12. The Bertz CT molecular complexity index is 1170. The van der Waals surface area contributed by atoms with Gasteiger partial charge >= 0.3 is 5.97 Å². The Kier molecular flexibility index (Phi) is 4.52. The van der Waals surface area contributed by atoms with E-state index in [-0.39, 0.29) is 33.6 Å². The van der Waals surface area contributed by atoms with E-state index in [4.69, 9.17) is 5.11 Å². The second kappa shape index (κ2) is 6.88. The second-order valence-corrected chi connectivity index (χ2v) is 9.22. The van der Waals surface area contributed by atoms with Crippen LogP contribution in [0.1, 0.15) is 33.1 Å². The third-order valence-electron chi connectivity index (χ3n) is 4.66.